The van der Waals surface area contributed by atoms with Crippen molar-refractivity contribution in [1.29, 1.82) is 0 Å². The normalized spacial score (nSPS) is 10.2. The average Bonchev–Trinajstić information content (AvgIpc) is 2.44. The van der Waals surface area contributed by atoms with Gasteiger partial charge in [0, 0.05) is 14.1 Å². The Balaban J connectivity index is 2.05. The lowest BCUT2D eigenvalue weighted by Gasteiger charge is -2.15. The van der Waals surface area contributed by atoms with Gasteiger partial charge >= 0.3 is 5.97 Å². The highest BCUT2D eigenvalue weighted by Crippen LogP contribution is 2.22. The second-order valence-electron chi connectivity index (χ2n) is 4.87. The van der Waals surface area contributed by atoms with E-state index >= 15 is 0 Å². The van der Waals surface area contributed by atoms with Crippen LogP contribution in [0, 0.1) is 5.82 Å². The van der Waals surface area contributed by atoms with Gasteiger partial charge in [0.05, 0.1) is 16.9 Å². The van der Waals surface area contributed by atoms with Crippen molar-refractivity contribution in [2.45, 2.75) is 6.61 Å². The molecule has 0 spiro atoms. The van der Waals surface area contributed by atoms with Crippen LogP contribution in [0.5, 0.6) is 0 Å². The van der Waals surface area contributed by atoms with Gasteiger partial charge in [-0.05, 0) is 35.9 Å². The van der Waals surface area contributed by atoms with E-state index in [9.17, 15) is 9.18 Å². The second kappa shape index (κ2) is 6.26. The van der Waals surface area contributed by atoms with Crippen molar-refractivity contribution in [2.24, 2.45) is 0 Å². The van der Waals surface area contributed by atoms with Gasteiger partial charge < -0.3 is 15.4 Å². The van der Waals surface area contributed by atoms with Crippen LogP contribution in [0.1, 0.15) is 15.9 Å². The van der Waals surface area contributed by atoms with Crippen LogP contribution in [0.2, 0.25) is 0 Å². The summed E-state index contributed by atoms with van der Waals surface area (Å²) >= 11 is 0. The third-order valence-electron chi connectivity index (χ3n) is 3.00. The lowest BCUT2D eigenvalue weighted by atomic mass is 10.1. The first kappa shape index (κ1) is 14.8. The van der Waals surface area contributed by atoms with Crippen molar-refractivity contribution in [3.63, 3.8) is 0 Å². The summed E-state index contributed by atoms with van der Waals surface area (Å²) in [6.07, 6.45) is 0. The molecule has 2 aromatic rings. The molecule has 2 rings (SSSR count). The number of nitrogens with zero attached hydrogens (tertiary/aromatic N) is 1. The number of benzene rings is 2. The lowest BCUT2D eigenvalue weighted by molar-refractivity contribution is 0.0472. The summed E-state index contributed by atoms with van der Waals surface area (Å²) in [6.45, 7) is 0.0198. The minimum absolute atomic E-state index is 0.0198. The lowest BCUT2D eigenvalue weighted by Crippen LogP contribution is -2.12. The smallest absolute Gasteiger partial charge is 0.338 e. The summed E-state index contributed by atoms with van der Waals surface area (Å²) in [7, 11) is 3.74. The first-order valence-corrected chi connectivity index (χ1v) is 6.46. The van der Waals surface area contributed by atoms with Crippen LogP contribution in [-0.2, 0) is 11.3 Å². The summed E-state index contributed by atoms with van der Waals surface area (Å²) in [6, 6.07) is 10.9. The first-order chi connectivity index (χ1) is 9.97. The van der Waals surface area contributed by atoms with Crippen LogP contribution in [0.15, 0.2) is 42.5 Å². The highest BCUT2D eigenvalue weighted by Gasteiger charge is 2.11. The zero-order valence-electron chi connectivity index (χ0n) is 12.0. The Morgan fingerprint density at radius 1 is 1.24 bits per heavy atom. The number of hydrogen-bond acceptors (Lipinski definition) is 4. The van der Waals surface area contributed by atoms with Crippen LogP contribution in [0.25, 0.3) is 0 Å². The molecule has 0 atom stereocenters. The Morgan fingerprint density at radius 2 is 2.00 bits per heavy atom. The highest BCUT2D eigenvalue weighted by atomic mass is 19.1. The quantitative estimate of drug-likeness (QED) is 0.694. The third-order valence-corrected chi connectivity index (χ3v) is 3.00. The number of carbonyl (C=O) groups excluding carboxylic acids is 1. The third kappa shape index (κ3) is 3.72. The topological polar surface area (TPSA) is 55.6 Å². The fourth-order valence-corrected chi connectivity index (χ4v) is 1.95. The molecule has 0 saturated heterocycles. The molecule has 0 aliphatic carbocycles. The molecule has 0 bridgehead atoms. The first-order valence-electron chi connectivity index (χ1n) is 6.46. The molecule has 0 aliphatic heterocycles. The van der Waals surface area contributed by atoms with Crippen molar-refractivity contribution < 1.29 is 13.9 Å². The van der Waals surface area contributed by atoms with Crippen molar-refractivity contribution in [3.05, 3.63) is 59.4 Å². The number of nitrogen functional groups attached to an aromatic ring is 1. The van der Waals surface area contributed by atoms with Crippen LogP contribution in [-0.4, -0.2) is 20.1 Å². The standard InChI is InChI=1S/C16H17FN2O2/c1-19(2)15-7-6-12(9-14(15)18)16(20)21-10-11-4-3-5-13(17)8-11/h3-9H,10,18H2,1-2H3. The Morgan fingerprint density at radius 3 is 2.62 bits per heavy atom. The number of halogens is 1. The van der Waals surface area contributed by atoms with Crippen LogP contribution >= 0.6 is 0 Å². The number of carbonyl (C=O) groups is 1. The van der Waals surface area contributed by atoms with E-state index in [2.05, 4.69) is 0 Å². The number of rotatable bonds is 4. The Kier molecular flexibility index (Phi) is 4.42. The van der Waals surface area contributed by atoms with E-state index in [4.69, 9.17) is 10.5 Å². The van der Waals surface area contributed by atoms with Crippen molar-refractivity contribution in [2.75, 3.05) is 24.7 Å². The van der Waals surface area contributed by atoms with E-state index < -0.39 is 5.97 Å². The molecule has 0 heterocycles. The molecule has 4 nitrogen and oxygen atoms in total. The fourth-order valence-electron chi connectivity index (χ4n) is 1.95. The molecule has 0 saturated carbocycles. The predicted octanol–water partition coefficient (Wildman–Crippen LogP) is 2.83. The zero-order valence-corrected chi connectivity index (χ0v) is 12.0. The van der Waals surface area contributed by atoms with Gasteiger partial charge in [0.25, 0.3) is 0 Å². The molecule has 2 N–H and O–H groups in total. The molecule has 5 heteroatoms. The van der Waals surface area contributed by atoms with Gasteiger partial charge in [0.1, 0.15) is 12.4 Å². The molecule has 0 radical (unpaired) electrons. The van der Waals surface area contributed by atoms with E-state index in [1.165, 1.54) is 12.1 Å². The summed E-state index contributed by atoms with van der Waals surface area (Å²) in [5.74, 6) is -0.848. The van der Waals surface area contributed by atoms with Crippen LogP contribution < -0.4 is 10.6 Å². The number of ether oxygens (including phenoxy) is 1. The van der Waals surface area contributed by atoms with Gasteiger partial charge in [-0.2, -0.15) is 0 Å². The Labute approximate surface area is 122 Å². The van der Waals surface area contributed by atoms with Crippen LogP contribution in [0.3, 0.4) is 0 Å². The van der Waals surface area contributed by atoms with Gasteiger partial charge in [0.15, 0.2) is 0 Å². The minimum Gasteiger partial charge on any atom is -0.457 e. The van der Waals surface area contributed by atoms with Crippen LogP contribution in [0.4, 0.5) is 15.8 Å². The maximum atomic E-state index is 13.0. The van der Waals surface area contributed by atoms with E-state index in [0.29, 0.717) is 16.8 Å². The fraction of sp³-hybridized carbons (Fsp3) is 0.188. The maximum absolute atomic E-state index is 13.0. The van der Waals surface area contributed by atoms with Gasteiger partial charge in [-0.25, -0.2) is 9.18 Å². The maximum Gasteiger partial charge on any atom is 0.338 e. The van der Waals surface area contributed by atoms with Crippen molar-refractivity contribution >= 4 is 17.3 Å². The number of hydrogen-bond donors (Lipinski definition) is 1. The molecular formula is C16H17FN2O2. The SMILES string of the molecule is CN(C)c1ccc(C(=O)OCc2cccc(F)c2)cc1N. The van der Waals surface area contributed by atoms with E-state index in [1.807, 2.05) is 19.0 Å². The molecule has 21 heavy (non-hydrogen) atoms. The van der Waals surface area contributed by atoms with E-state index in [1.54, 1.807) is 30.3 Å². The van der Waals surface area contributed by atoms with Crippen molar-refractivity contribution in [1.82, 2.24) is 0 Å². The molecule has 0 aliphatic rings. The van der Waals surface area contributed by atoms with Gasteiger partial charge in [-0.3, -0.25) is 0 Å². The molecule has 2 aromatic carbocycles. The van der Waals surface area contributed by atoms with Gasteiger partial charge in [-0.1, -0.05) is 12.1 Å². The van der Waals surface area contributed by atoms with E-state index in [0.717, 1.165) is 5.69 Å². The molecule has 0 aromatic heterocycles. The molecule has 110 valence electrons. The Bertz CT molecular complexity index is 656. The largest absolute Gasteiger partial charge is 0.457 e. The summed E-state index contributed by atoms with van der Waals surface area (Å²) in [5.41, 5.74) is 8.19. The van der Waals surface area contributed by atoms with Crippen molar-refractivity contribution in [3.8, 4) is 0 Å². The predicted molar refractivity (Wildman–Crippen MR) is 80.7 cm³/mol. The summed E-state index contributed by atoms with van der Waals surface area (Å²) in [5, 5.41) is 0. The Hall–Kier alpha value is -2.56. The molecule has 0 unspecified atom stereocenters. The highest BCUT2D eigenvalue weighted by molar-refractivity contribution is 5.92. The zero-order chi connectivity index (χ0) is 15.4. The summed E-state index contributed by atoms with van der Waals surface area (Å²) < 4.78 is 18.2. The number of nitrogens with two attached hydrogens (primary N) is 1. The summed E-state index contributed by atoms with van der Waals surface area (Å²) in [4.78, 5) is 13.8. The molecule has 0 amide bonds. The average molecular weight is 288 g/mol. The monoisotopic (exact) mass is 288 g/mol. The minimum atomic E-state index is -0.490. The second-order valence-corrected chi connectivity index (χ2v) is 4.87. The van der Waals surface area contributed by atoms with Gasteiger partial charge in [-0.15, -0.1) is 0 Å². The number of esters is 1. The molecular weight excluding hydrogens is 271 g/mol. The van der Waals surface area contributed by atoms with Gasteiger partial charge in [0.2, 0.25) is 0 Å². The number of anilines is 2. The van der Waals surface area contributed by atoms with E-state index in [-0.39, 0.29) is 12.4 Å². The molecule has 0 fully saturated rings.